The third-order valence-corrected chi connectivity index (χ3v) is 3.43. The van der Waals surface area contributed by atoms with E-state index in [1.807, 2.05) is 6.07 Å². The van der Waals surface area contributed by atoms with Gasteiger partial charge in [-0.15, -0.1) is 0 Å². The normalized spacial score (nSPS) is 12.9. The van der Waals surface area contributed by atoms with Crippen molar-refractivity contribution in [2.45, 2.75) is 25.8 Å². The van der Waals surface area contributed by atoms with Crippen LogP contribution in [0.4, 0.5) is 0 Å². The van der Waals surface area contributed by atoms with Crippen molar-refractivity contribution in [1.29, 1.82) is 0 Å². The van der Waals surface area contributed by atoms with Gasteiger partial charge < -0.3 is 5.73 Å². The quantitative estimate of drug-likeness (QED) is 0.820. The minimum Gasteiger partial charge on any atom is -0.324 e. The van der Waals surface area contributed by atoms with E-state index in [0.29, 0.717) is 0 Å². The molecule has 0 aliphatic carbocycles. The first-order chi connectivity index (χ1) is 6.15. The van der Waals surface area contributed by atoms with Gasteiger partial charge in [0, 0.05) is 14.1 Å². The Kier molecular flexibility index (Phi) is 4.69. The zero-order valence-electron chi connectivity index (χ0n) is 7.56. The second-order valence-corrected chi connectivity index (χ2v) is 5.14. The maximum atomic E-state index is 6.05. The minimum absolute atomic E-state index is 0.175. The van der Waals surface area contributed by atoms with E-state index in [1.165, 1.54) is 9.13 Å². The van der Waals surface area contributed by atoms with E-state index >= 15 is 0 Å². The van der Waals surface area contributed by atoms with Crippen LogP contribution in [0.15, 0.2) is 22.7 Å². The standard InChI is InChI=1S/C10H13BrIN/c1-2-3-10(13)8-6-7(11)4-5-9(8)12/h4-6,10H,2-3,13H2,1H3/t10-/m1/s1. The van der Waals surface area contributed by atoms with Gasteiger partial charge in [-0.3, -0.25) is 0 Å². The van der Waals surface area contributed by atoms with E-state index in [-0.39, 0.29) is 6.04 Å². The molecule has 1 atom stereocenters. The molecule has 0 heterocycles. The van der Waals surface area contributed by atoms with Gasteiger partial charge in [0.2, 0.25) is 0 Å². The van der Waals surface area contributed by atoms with Gasteiger partial charge in [0.25, 0.3) is 0 Å². The lowest BCUT2D eigenvalue weighted by Gasteiger charge is -2.13. The molecule has 1 rings (SSSR count). The first-order valence-electron chi connectivity index (χ1n) is 4.35. The third-order valence-electron chi connectivity index (χ3n) is 1.96. The van der Waals surface area contributed by atoms with E-state index in [0.717, 1.165) is 17.3 Å². The molecule has 1 aromatic rings. The molecule has 1 nitrogen and oxygen atoms in total. The predicted octanol–water partition coefficient (Wildman–Crippen LogP) is 3.85. The Labute approximate surface area is 101 Å². The van der Waals surface area contributed by atoms with Crippen LogP contribution in [0.25, 0.3) is 0 Å². The van der Waals surface area contributed by atoms with E-state index in [2.05, 4.69) is 57.6 Å². The Morgan fingerprint density at radius 1 is 1.54 bits per heavy atom. The van der Waals surface area contributed by atoms with Gasteiger partial charge in [0.1, 0.15) is 0 Å². The summed E-state index contributed by atoms with van der Waals surface area (Å²) in [7, 11) is 0. The molecule has 0 saturated heterocycles. The van der Waals surface area contributed by atoms with Gasteiger partial charge in [-0.05, 0) is 52.8 Å². The van der Waals surface area contributed by atoms with Crippen molar-refractivity contribution < 1.29 is 0 Å². The molecule has 0 saturated carbocycles. The van der Waals surface area contributed by atoms with E-state index < -0.39 is 0 Å². The molecular formula is C10H13BrIN. The lowest BCUT2D eigenvalue weighted by Crippen LogP contribution is -2.11. The first kappa shape index (κ1) is 11.5. The molecule has 0 amide bonds. The third kappa shape index (κ3) is 3.22. The topological polar surface area (TPSA) is 26.0 Å². The molecule has 1 aromatic carbocycles. The zero-order valence-corrected chi connectivity index (χ0v) is 11.3. The zero-order chi connectivity index (χ0) is 9.84. The highest BCUT2D eigenvalue weighted by Crippen LogP contribution is 2.25. The molecule has 0 unspecified atom stereocenters. The first-order valence-corrected chi connectivity index (χ1v) is 6.23. The Morgan fingerprint density at radius 3 is 2.85 bits per heavy atom. The Balaban J connectivity index is 2.91. The van der Waals surface area contributed by atoms with E-state index in [1.54, 1.807) is 0 Å². The molecule has 0 radical (unpaired) electrons. The van der Waals surface area contributed by atoms with E-state index in [4.69, 9.17) is 5.73 Å². The largest absolute Gasteiger partial charge is 0.324 e. The van der Waals surface area contributed by atoms with Gasteiger partial charge in [-0.1, -0.05) is 29.3 Å². The van der Waals surface area contributed by atoms with Crippen molar-refractivity contribution in [3.05, 3.63) is 31.8 Å². The molecule has 0 spiro atoms. The molecule has 2 N–H and O–H groups in total. The number of hydrogen-bond donors (Lipinski definition) is 1. The molecule has 0 aliphatic heterocycles. The van der Waals surface area contributed by atoms with Crippen LogP contribution in [0.5, 0.6) is 0 Å². The highest BCUT2D eigenvalue weighted by molar-refractivity contribution is 14.1. The fourth-order valence-electron chi connectivity index (χ4n) is 1.27. The Bertz CT molecular complexity index is 288. The summed E-state index contributed by atoms with van der Waals surface area (Å²) in [5, 5.41) is 0. The summed E-state index contributed by atoms with van der Waals surface area (Å²) in [5.74, 6) is 0. The van der Waals surface area contributed by atoms with Gasteiger partial charge in [0.05, 0.1) is 0 Å². The summed E-state index contributed by atoms with van der Waals surface area (Å²) in [5.41, 5.74) is 7.30. The summed E-state index contributed by atoms with van der Waals surface area (Å²) in [6.45, 7) is 2.16. The lowest BCUT2D eigenvalue weighted by atomic mass is 10.0. The highest BCUT2D eigenvalue weighted by atomic mass is 127. The second-order valence-electron chi connectivity index (χ2n) is 3.06. The average Bonchev–Trinajstić information content (AvgIpc) is 2.09. The van der Waals surface area contributed by atoms with Crippen molar-refractivity contribution in [1.82, 2.24) is 0 Å². The molecule has 0 bridgehead atoms. The summed E-state index contributed by atoms with van der Waals surface area (Å²) in [6, 6.07) is 6.43. The maximum Gasteiger partial charge on any atom is 0.0305 e. The van der Waals surface area contributed by atoms with Crippen molar-refractivity contribution in [2.75, 3.05) is 0 Å². The van der Waals surface area contributed by atoms with Crippen LogP contribution in [0.2, 0.25) is 0 Å². The molecular weight excluding hydrogens is 341 g/mol. The SMILES string of the molecule is CCC[C@@H](N)c1cc(Br)ccc1I. The highest BCUT2D eigenvalue weighted by Gasteiger charge is 2.08. The Morgan fingerprint density at radius 2 is 2.23 bits per heavy atom. The van der Waals surface area contributed by atoms with E-state index in [9.17, 15) is 0 Å². The minimum atomic E-state index is 0.175. The fraction of sp³-hybridized carbons (Fsp3) is 0.400. The average molecular weight is 354 g/mol. The molecule has 0 aromatic heterocycles. The summed E-state index contributed by atoms with van der Waals surface area (Å²) in [6.07, 6.45) is 2.18. The summed E-state index contributed by atoms with van der Waals surface area (Å²) < 4.78 is 2.36. The summed E-state index contributed by atoms with van der Waals surface area (Å²) >= 11 is 5.79. The number of nitrogens with two attached hydrogens (primary N) is 1. The van der Waals surface area contributed by atoms with Gasteiger partial charge in [-0.25, -0.2) is 0 Å². The molecule has 3 heteroatoms. The van der Waals surface area contributed by atoms with Gasteiger partial charge in [-0.2, -0.15) is 0 Å². The van der Waals surface area contributed by atoms with Crippen LogP contribution in [-0.2, 0) is 0 Å². The van der Waals surface area contributed by atoms with Crippen molar-refractivity contribution in [3.63, 3.8) is 0 Å². The van der Waals surface area contributed by atoms with Gasteiger partial charge in [0.15, 0.2) is 0 Å². The van der Waals surface area contributed by atoms with Crippen LogP contribution in [0.3, 0.4) is 0 Å². The number of hydrogen-bond acceptors (Lipinski definition) is 1. The monoisotopic (exact) mass is 353 g/mol. The van der Waals surface area contributed by atoms with Gasteiger partial charge >= 0.3 is 0 Å². The van der Waals surface area contributed by atoms with Crippen LogP contribution in [0.1, 0.15) is 31.4 Å². The van der Waals surface area contributed by atoms with Crippen LogP contribution >= 0.6 is 38.5 Å². The second kappa shape index (κ2) is 5.32. The van der Waals surface area contributed by atoms with Crippen molar-refractivity contribution >= 4 is 38.5 Å². The Hall–Kier alpha value is 0.390. The summed E-state index contributed by atoms with van der Waals surface area (Å²) in [4.78, 5) is 0. The van der Waals surface area contributed by atoms with Crippen molar-refractivity contribution in [3.8, 4) is 0 Å². The van der Waals surface area contributed by atoms with Crippen LogP contribution < -0.4 is 5.73 Å². The number of rotatable bonds is 3. The number of halogens is 2. The lowest BCUT2D eigenvalue weighted by molar-refractivity contribution is 0.635. The fourth-order valence-corrected chi connectivity index (χ4v) is 2.38. The van der Waals surface area contributed by atoms with Crippen LogP contribution in [-0.4, -0.2) is 0 Å². The van der Waals surface area contributed by atoms with Crippen molar-refractivity contribution in [2.24, 2.45) is 5.73 Å². The van der Waals surface area contributed by atoms with Crippen LogP contribution in [0, 0.1) is 3.57 Å². The molecule has 13 heavy (non-hydrogen) atoms. The smallest absolute Gasteiger partial charge is 0.0305 e. The maximum absolute atomic E-state index is 6.05. The molecule has 0 aliphatic rings. The molecule has 0 fully saturated rings. The number of benzene rings is 1. The molecule has 72 valence electrons. The predicted molar refractivity (Wildman–Crippen MR) is 68.7 cm³/mol.